The second-order valence-electron chi connectivity index (χ2n) is 26.3. The lowest BCUT2D eigenvalue weighted by molar-refractivity contribution is -0.289. The Morgan fingerprint density at radius 3 is 1.63 bits per heavy atom. The molecule has 1 aromatic heterocycles. The molecule has 0 bridgehead atoms. The van der Waals surface area contributed by atoms with E-state index >= 15 is 0 Å². The zero-order valence-electron chi connectivity index (χ0n) is 40.9. The molecule has 7 N–H and O–H groups in total. The molecular weight excluding hydrogens is 853 g/mol. The van der Waals surface area contributed by atoms with Gasteiger partial charge in [-0.25, -0.2) is 0 Å². The average molecular weight is 929 g/mol. The van der Waals surface area contributed by atoms with Crippen LogP contribution in [0.1, 0.15) is 136 Å². The van der Waals surface area contributed by atoms with E-state index in [0.29, 0.717) is 37.5 Å². The van der Waals surface area contributed by atoms with E-state index in [9.17, 15) is 35.7 Å². The summed E-state index contributed by atoms with van der Waals surface area (Å²) in [5.41, 5.74) is -0.160. The first-order chi connectivity index (χ1) is 31.4. The van der Waals surface area contributed by atoms with E-state index in [-0.39, 0.29) is 54.1 Å². The SMILES string of the molecule is CC1C2(CCC(C)(O)CO2)OC2C=C3C4CCC5Cc6nc7c(nc6CC5(C)C4CC(O)C3(C)C21O)CC1CCC2C3=CC4OC5(OC(C)(CO)CC5O)C(C)C4(O)C3(C)C(O)CC2C1(C)C7. The summed E-state index contributed by atoms with van der Waals surface area (Å²) in [7, 11) is 0. The number of ether oxygens (including phenoxy) is 4. The molecule has 0 radical (unpaired) electrons. The Morgan fingerprint density at radius 2 is 1.15 bits per heavy atom. The molecule has 4 saturated heterocycles. The number of aromatic nitrogens is 2. The van der Waals surface area contributed by atoms with Crippen LogP contribution >= 0.6 is 0 Å². The van der Waals surface area contributed by atoms with Crippen LogP contribution in [0.15, 0.2) is 23.3 Å². The number of aliphatic hydroxyl groups excluding tert-OH is 4. The van der Waals surface area contributed by atoms with Gasteiger partial charge < -0.3 is 54.7 Å². The maximum atomic E-state index is 12.9. The van der Waals surface area contributed by atoms with Crippen LogP contribution in [0.4, 0.5) is 0 Å². The lowest BCUT2D eigenvalue weighted by atomic mass is 9.44. The highest BCUT2D eigenvalue weighted by atomic mass is 16.7. The molecule has 13 rings (SSSR count). The second-order valence-corrected chi connectivity index (χ2v) is 26.3. The van der Waals surface area contributed by atoms with Crippen LogP contribution in [-0.4, -0.2) is 123 Å². The monoisotopic (exact) mass is 929 g/mol. The highest BCUT2D eigenvalue weighted by molar-refractivity contribution is 5.45. The number of rotatable bonds is 1. The van der Waals surface area contributed by atoms with Crippen molar-refractivity contribution in [3.05, 3.63) is 46.1 Å². The molecule has 0 aromatic carbocycles. The number of hydrogen-bond acceptors (Lipinski definition) is 13. The van der Waals surface area contributed by atoms with E-state index in [1.54, 1.807) is 13.8 Å². The van der Waals surface area contributed by atoms with Gasteiger partial charge in [0.1, 0.15) is 29.5 Å². The number of hydrogen-bond donors (Lipinski definition) is 7. The summed E-state index contributed by atoms with van der Waals surface area (Å²) in [5.74, 6) is -1.98. The van der Waals surface area contributed by atoms with Gasteiger partial charge in [0.05, 0.1) is 59.4 Å². The minimum atomic E-state index is -1.50. The molecular formula is C54H76N2O11. The van der Waals surface area contributed by atoms with Gasteiger partial charge in [-0.3, -0.25) is 9.97 Å². The van der Waals surface area contributed by atoms with Gasteiger partial charge in [-0.1, -0.05) is 64.8 Å². The van der Waals surface area contributed by atoms with Crippen molar-refractivity contribution in [1.82, 2.24) is 9.97 Å². The van der Waals surface area contributed by atoms with E-state index in [0.717, 1.165) is 85.3 Å². The Bertz CT molecular complexity index is 2380. The molecule has 13 nitrogen and oxygen atoms in total. The minimum Gasteiger partial charge on any atom is -0.393 e. The van der Waals surface area contributed by atoms with Crippen molar-refractivity contribution < 1.29 is 54.7 Å². The maximum absolute atomic E-state index is 12.9. The van der Waals surface area contributed by atoms with Crippen molar-refractivity contribution in [3.8, 4) is 0 Å². The first kappa shape index (κ1) is 45.0. The third kappa shape index (κ3) is 5.11. The molecule has 8 fully saturated rings. The first-order valence-electron chi connectivity index (χ1n) is 26.2. The Morgan fingerprint density at radius 1 is 0.642 bits per heavy atom. The summed E-state index contributed by atoms with van der Waals surface area (Å²) in [6.45, 7) is 16.3. The zero-order chi connectivity index (χ0) is 47.2. The van der Waals surface area contributed by atoms with E-state index in [2.05, 4.69) is 32.9 Å². The Balaban J connectivity index is 0.768. The smallest absolute Gasteiger partial charge is 0.201 e. The van der Waals surface area contributed by atoms with Gasteiger partial charge in [-0.15, -0.1) is 0 Å². The van der Waals surface area contributed by atoms with Gasteiger partial charge in [-0.05, 0) is 131 Å². The van der Waals surface area contributed by atoms with Gasteiger partial charge in [0, 0.05) is 35.5 Å². The van der Waals surface area contributed by atoms with E-state index in [4.69, 9.17) is 28.9 Å². The molecule has 13 heteroatoms. The summed E-state index contributed by atoms with van der Waals surface area (Å²) < 4.78 is 26.1. The largest absolute Gasteiger partial charge is 0.393 e. The van der Waals surface area contributed by atoms with Crippen LogP contribution in [0, 0.1) is 69.0 Å². The molecule has 4 saturated carbocycles. The molecule has 67 heavy (non-hydrogen) atoms. The second kappa shape index (κ2) is 13.4. The van der Waals surface area contributed by atoms with Crippen LogP contribution in [0.5, 0.6) is 0 Å². The molecule has 0 amide bonds. The molecule has 368 valence electrons. The quantitative estimate of drug-likeness (QED) is 0.196. The lowest BCUT2D eigenvalue weighted by Crippen LogP contribution is -2.65. The van der Waals surface area contributed by atoms with Gasteiger partial charge >= 0.3 is 0 Å². The summed E-state index contributed by atoms with van der Waals surface area (Å²) in [6.07, 6.45) is 9.98. The van der Waals surface area contributed by atoms with E-state index < -0.39 is 87.2 Å². The van der Waals surface area contributed by atoms with Crippen molar-refractivity contribution in [2.75, 3.05) is 13.2 Å². The Hall–Kier alpha value is -1.88. The van der Waals surface area contributed by atoms with Crippen LogP contribution in [0.2, 0.25) is 0 Å². The molecule has 12 aliphatic rings. The summed E-state index contributed by atoms with van der Waals surface area (Å²) in [4.78, 5) is 11.2. The van der Waals surface area contributed by atoms with Crippen molar-refractivity contribution >= 4 is 0 Å². The van der Waals surface area contributed by atoms with Crippen LogP contribution in [-0.2, 0) is 44.6 Å². The molecule has 23 unspecified atom stereocenters. The lowest BCUT2D eigenvalue weighted by Gasteiger charge is -2.62. The van der Waals surface area contributed by atoms with Crippen LogP contribution < -0.4 is 0 Å². The highest BCUT2D eigenvalue weighted by Crippen LogP contribution is 2.73. The summed E-state index contributed by atoms with van der Waals surface area (Å²) in [5, 5.41) is 83.0. The average Bonchev–Trinajstić information content (AvgIpc) is 3.92. The fourth-order valence-corrected chi connectivity index (χ4v) is 19.3. The molecule has 23 atom stereocenters. The summed E-state index contributed by atoms with van der Waals surface area (Å²) in [6, 6.07) is 0. The third-order valence-corrected chi connectivity index (χ3v) is 23.5. The topological polar surface area (TPSA) is 204 Å². The highest BCUT2D eigenvalue weighted by Gasteiger charge is 2.80. The van der Waals surface area contributed by atoms with E-state index in [1.807, 2.05) is 20.8 Å². The number of aliphatic hydroxyl groups is 7. The number of fused-ring (bicyclic) bond motifs is 16. The third-order valence-electron chi connectivity index (χ3n) is 23.5. The van der Waals surface area contributed by atoms with Crippen molar-refractivity contribution in [2.24, 2.45) is 69.0 Å². The van der Waals surface area contributed by atoms with Crippen LogP contribution in [0.25, 0.3) is 0 Å². The standard InChI is InChI=1S/C54H76N2O11/c1-26-51(14-13-45(3,61)25-64-51)65-43-19-34-30-11-9-28-15-36-38(21-47(28,5)32(30)17-40(58)49(34,7)52(26,43)62)55-37-16-29-10-12-31-33(48(29,6)22-39(37)56-36)18-41(59)50(8)35(31)20-44-53(50,63)27(2)54(66-44)42(60)23-46(4,24-57)67-54/h19-20,26-33,40-44,57-63H,9-18,21-25H2,1-8H3. The number of nitrogens with zero attached hydrogens (tertiary/aromatic N) is 2. The van der Waals surface area contributed by atoms with Crippen molar-refractivity contribution in [3.63, 3.8) is 0 Å². The molecule has 1 aromatic rings. The Labute approximate surface area is 395 Å². The molecule has 8 aliphatic carbocycles. The minimum absolute atomic E-state index is 0.0983. The van der Waals surface area contributed by atoms with Gasteiger partial charge in [0.2, 0.25) is 5.79 Å². The molecule has 2 spiro atoms. The Kier molecular flexibility index (Phi) is 9.00. The van der Waals surface area contributed by atoms with Gasteiger partial charge in [-0.2, -0.15) is 0 Å². The maximum Gasteiger partial charge on any atom is 0.201 e. The van der Waals surface area contributed by atoms with Crippen molar-refractivity contribution in [2.45, 2.75) is 203 Å². The predicted octanol–water partition coefficient (Wildman–Crippen LogP) is 4.41. The van der Waals surface area contributed by atoms with E-state index in [1.165, 1.54) is 0 Å². The van der Waals surface area contributed by atoms with Gasteiger partial charge in [0.15, 0.2) is 5.79 Å². The fourth-order valence-electron chi connectivity index (χ4n) is 19.3. The normalized spacial score (nSPS) is 59.8. The van der Waals surface area contributed by atoms with Crippen molar-refractivity contribution in [1.29, 1.82) is 0 Å². The zero-order valence-corrected chi connectivity index (χ0v) is 40.9. The first-order valence-corrected chi connectivity index (χ1v) is 26.2. The van der Waals surface area contributed by atoms with Crippen LogP contribution in [0.3, 0.4) is 0 Å². The van der Waals surface area contributed by atoms with Gasteiger partial charge in [0.25, 0.3) is 0 Å². The molecule has 4 aliphatic heterocycles. The predicted molar refractivity (Wildman–Crippen MR) is 243 cm³/mol. The fraction of sp³-hybridized carbons (Fsp3) is 0.852. The summed E-state index contributed by atoms with van der Waals surface area (Å²) >= 11 is 0. The molecule has 5 heterocycles.